The maximum atomic E-state index is 14.7. The highest BCUT2D eigenvalue weighted by Gasteiger charge is 2.21. The molecule has 0 radical (unpaired) electrons. The van der Waals surface area contributed by atoms with Crippen LogP contribution in [0.15, 0.2) is 47.6 Å². The summed E-state index contributed by atoms with van der Waals surface area (Å²) in [7, 11) is 0. The second kappa shape index (κ2) is 9.45. The maximum absolute atomic E-state index is 14.7. The molecule has 2 aromatic rings. The van der Waals surface area contributed by atoms with E-state index in [0.717, 1.165) is 32.7 Å². The molecule has 8 nitrogen and oxygen atoms in total. The molecule has 0 bridgehead atoms. The third-order valence-electron chi connectivity index (χ3n) is 5.34. The van der Waals surface area contributed by atoms with Gasteiger partial charge in [-0.15, -0.1) is 0 Å². The van der Waals surface area contributed by atoms with Crippen molar-refractivity contribution in [2.24, 2.45) is 5.10 Å². The van der Waals surface area contributed by atoms with Crippen molar-refractivity contribution in [1.82, 2.24) is 5.43 Å². The van der Waals surface area contributed by atoms with E-state index in [9.17, 15) is 19.3 Å². The lowest BCUT2D eigenvalue weighted by Gasteiger charge is -2.33. The van der Waals surface area contributed by atoms with Gasteiger partial charge >= 0.3 is 0 Å². The molecule has 0 saturated carbocycles. The summed E-state index contributed by atoms with van der Waals surface area (Å²) in [6.45, 7) is 8.53. The number of quaternary nitrogens is 1. The molecule has 2 aromatic carbocycles. The van der Waals surface area contributed by atoms with Gasteiger partial charge in [-0.05, 0) is 38.1 Å². The molecule has 1 aliphatic rings. The van der Waals surface area contributed by atoms with Crippen LogP contribution in [0.3, 0.4) is 0 Å². The molecule has 3 rings (SSSR count). The second-order valence-electron chi connectivity index (χ2n) is 7.20. The summed E-state index contributed by atoms with van der Waals surface area (Å²) in [6.07, 6.45) is 0. The van der Waals surface area contributed by atoms with Gasteiger partial charge in [0, 0.05) is 23.3 Å². The number of halogens is 1. The minimum atomic E-state index is -0.535. The van der Waals surface area contributed by atoms with Crippen LogP contribution in [-0.2, 0) is 0 Å². The van der Waals surface area contributed by atoms with Gasteiger partial charge in [0.05, 0.1) is 49.0 Å². The number of benzene rings is 2. The summed E-state index contributed by atoms with van der Waals surface area (Å²) < 4.78 is 14.7. The Morgan fingerprint density at radius 1 is 1.20 bits per heavy atom. The summed E-state index contributed by atoms with van der Waals surface area (Å²) in [4.78, 5) is 25.9. The van der Waals surface area contributed by atoms with Crippen LogP contribution in [0.1, 0.15) is 29.8 Å². The highest BCUT2D eigenvalue weighted by molar-refractivity contribution is 6.01. The van der Waals surface area contributed by atoms with Crippen LogP contribution >= 0.6 is 0 Å². The second-order valence-corrected chi connectivity index (χ2v) is 7.20. The first kappa shape index (κ1) is 21.4. The Bertz CT molecular complexity index is 954. The summed E-state index contributed by atoms with van der Waals surface area (Å²) in [6, 6.07) is 10.2. The number of hydrazone groups is 1. The number of carbonyl (C=O) groups is 1. The van der Waals surface area contributed by atoms with Gasteiger partial charge in [-0.1, -0.05) is 6.07 Å². The number of amides is 1. The number of non-ortho nitro benzene ring substituents is 1. The van der Waals surface area contributed by atoms with Crippen molar-refractivity contribution in [3.63, 3.8) is 0 Å². The quantitative estimate of drug-likeness (QED) is 0.427. The van der Waals surface area contributed by atoms with Crippen molar-refractivity contribution in [3.8, 4) is 0 Å². The molecule has 1 amide bonds. The molecule has 158 valence electrons. The predicted octanol–water partition coefficient (Wildman–Crippen LogP) is 1.61. The molecule has 0 aromatic heterocycles. The highest BCUT2D eigenvalue weighted by Crippen LogP contribution is 2.21. The Morgan fingerprint density at radius 3 is 2.40 bits per heavy atom. The lowest BCUT2D eigenvalue weighted by atomic mass is 10.1. The van der Waals surface area contributed by atoms with Gasteiger partial charge in [0.2, 0.25) is 0 Å². The van der Waals surface area contributed by atoms with Gasteiger partial charge in [-0.2, -0.15) is 5.10 Å². The standard InChI is InChI=1S/C21H24FN5O3/c1-3-25-10-12-26(13-11-25)20-9-6-17(14-19(20)22)15(2)23-24-21(28)16-4-7-18(8-5-16)27(29)30/h4-9,14H,3,10-13H2,1-2H3,(H,24,28)/p+1/b23-15-. The van der Waals surface area contributed by atoms with Crippen molar-refractivity contribution >= 4 is 23.0 Å². The number of nitrogens with zero attached hydrogens (tertiary/aromatic N) is 3. The number of likely N-dealkylation sites (N-methyl/N-ethyl adjacent to an activating group) is 1. The van der Waals surface area contributed by atoms with E-state index in [1.807, 2.05) is 0 Å². The van der Waals surface area contributed by atoms with Crippen molar-refractivity contribution in [2.45, 2.75) is 13.8 Å². The SMILES string of the molecule is CC[NH+]1CCN(c2ccc(/C(C)=N\NC(=O)c3ccc([N+](=O)[O-])cc3)cc2F)CC1. The van der Waals surface area contributed by atoms with Crippen LogP contribution in [0.5, 0.6) is 0 Å². The number of hydrogen-bond acceptors (Lipinski definition) is 5. The molecule has 30 heavy (non-hydrogen) atoms. The third kappa shape index (κ3) is 4.98. The normalized spacial score (nSPS) is 15.2. The molecule has 9 heteroatoms. The molecule has 1 saturated heterocycles. The molecule has 0 atom stereocenters. The Kier molecular flexibility index (Phi) is 6.73. The Morgan fingerprint density at radius 2 is 1.83 bits per heavy atom. The number of carbonyl (C=O) groups excluding carboxylic acids is 1. The predicted molar refractivity (Wildman–Crippen MR) is 113 cm³/mol. The van der Waals surface area contributed by atoms with Gasteiger partial charge < -0.3 is 9.80 Å². The summed E-state index contributed by atoms with van der Waals surface area (Å²) in [5.41, 5.74) is 4.15. The van der Waals surface area contributed by atoms with E-state index in [4.69, 9.17) is 0 Å². The lowest BCUT2D eigenvalue weighted by Crippen LogP contribution is -3.14. The summed E-state index contributed by atoms with van der Waals surface area (Å²) >= 11 is 0. The van der Waals surface area contributed by atoms with E-state index >= 15 is 0 Å². The van der Waals surface area contributed by atoms with E-state index in [1.165, 1.54) is 35.2 Å². The van der Waals surface area contributed by atoms with Crippen LogP contribution in [-0.4, -0.2) is 49.3 Å². The van der Waals surface area contributed by atoms with Crippen LogP contribution in [0.25, 0.3) is 0 Å². The van der Waals surface area contributed by atoms with Crippen LogP contribution in [0, 0.1) is 15.9 Å². The third-order valence-corrected chi connectivity index (χ3v) is 5.34. The minimum absolute atomic E-state index is 0.0979. The zero-order valence-electron chi connectivity index (χ0n) is 17.0. The fourth-order valence-corrected chi connectivity index (χ4v) is 3.40. The van der Waals surface area contributed by atoms with E-state index in [1.54, 1.807) is 19.1 Å². The Hall–Kier alpha value is -3.33. The molecule has 1 aliphatic heterocycles. The molecule has 0 unspecified atom stereocenters. The molecule has 0 spiro atoms. The topological polar surface area (TPSA) is 92.3 Å². The van der Waals surface area contributed by atoms with E-state index in [0.29, 0.717) is 17.0 Å². The first-order valence-electron chi connectivity index (χ1n) is 9.86. The van der Waals surface area contributed by atoms with Crippen molar-refractivity contribution in [3.05, 3.63) is 69.5 Å². The van der Waals surface area contributed by atoms with Crippen LogP contribution in [0.4, 0.5) is 15.8 Å². The first-order chi connectivity index (χ1) is 14.4. The Balaban J connectivity index is 1.65. The fourth-order valence-electron chi connectivity index (χ4n) is 3.40. The van der Waals surface area contributed by atoms with Crippen LogP contribution in [0.2, 0.25) is 0 Å². The molecule has 1 heterocycles. The van der Waals surface area contributed by atoms with Gasteiger partial charge in [0.1, 0.15) is 5.82 Å². The molecule has 1 fully saturated rings. The number of nitro groups is 1. The largest absolute Gasteiger partial charge is 0.358 e. The number of hydrogen-bond donors (Lipinski definition) is 2. The van der Waals surface area contributed by atoms with Gasteiger partial charge in [-0.3, -0.25) is 14.9 Å². The maximum Gasteiger partial charge on any atom is 0.271 e. The average molecular weight is 414 g/mol. The van der Waals surface area contributed by atoms with Crippen LogP contribution < -0.4 is 15.2 Å². The van der Waals surface area contributed by atoms with Crippen molar-refractivity contribution < 1.29 is 19.0 Å². The highest BCUT2D eigenvalue weighted by atomic mass is 19.1. The van der Waals surface area contributed by atoms with Crippen molar-refractivity contribution in [1.29, 1.82) is 0 Å². The number of nitro benzene ring substituents is 1. The monoisotopic (exact) mass is 414 g/mol. The average Bonchev–Trinajstić information content (AvgIpc) is 2.77. The molecule has 0 aliphatic carbocycles. The number of rotatable bonds is 6. The van der Waals surface area contributed by atoms with Gasteiger partial charge in [-0.25, -0.2) is 9.82 Å². The molecular formula is C21H25FN5O3+. The smallest absolute Gasteiger partial charge is 0.271 e. The lowest BCUT2D eigenvalue weighted by molar-refractivity contribution is -0.898. The first-order valence-corrected chi connectivity index (χ1v) is 9.86. The molecule has 2 N–H and O–H groups in total. The van der Waals surface area contributed by atoms with Crippen molar-refractivity contribution in [2.75, 3.05) is 37.6 Å². The van der Waals surface area contributed by atoms with Gasteiger partial charge in [0.25, 0.3) is 11.6 Å². The summed E-state index contributed by atoms with van der Waals surface area (Å²) in [5, 5.41) is 14.7. The zero-order chi connectivity index (χ0) is 21.7. The zero-order valence-corrected chi connectivity index (χ0v) is 17.0. The van der Waals surface area contributed by atoms with Gasteiger partial charge in [0.15, 0.2) is 0 Å². The Labute approximate surface area is 174 Å². The fraction of sp³-hybridized carbons (Fsp3) is 0.333. The van der Waals surface area contributed by atoms with E-state index < -0.39 is 10.8 Å². The van der Waals surface area contributed by atoms with E-state index in [-0.39, 0.29) is 17.1 Å². The van der Waals surface area contributed by atoms with E-state index in [2.05, 4.69) is 22.4 Å². The minimum Gasteiger partial charge on any atom is -0.358 e. The summed E-state index contributed by atoms with van der Waals surface area (Å²) in [5.74, 6) is -0.818. The molecular weight excluding hydrogens is 389 g/mol. The number of anilines is 1. The number of nitrogens with one attached hydrogen (secondary N) is 2. The number of piperazine rings is 1.